The zero-order valence-corrected chi connectivity index (χ0v) is 14.1. The molecule has 22 heavy (non-hydrogen) atoms. The molecule has 6 heteroatoms. The van der Waals surface area contributed by atoms with Gasteiger partial charge in [0.25, 0.3) is 0 Å². The van der Waals surface area contributed by atoms with Gasteiger partial charge in [0.1, 0.15) is 0 Å². The van der Waals surface area contributed by atoms with Crippen molar-refractivity contribution in [3.05, 3.63) is 23.8 Å². The van der Waals surface area contributed by atoms with Crippen LogP contribution in [-0.2, 0) is 9.59 Å². The summed E-state index contributed by atoms with van der Waals surface area (Å²) in [6.07, 6.45) is 3.00. The van der Waals surface area contributed by atoms with Crippen LogP contribution in [0.5, 0.6) is 0 Å². The van der Waals surface area contributed by atoms with Gasteiger partial charge >= 0.3 is 0 Å². The summed E-state index contributed by atoms with van der Waals surface area (Å²) in [7, 11) is 0. The molecule has 2 amide bonds. The van der Waals surface area contributed by atoms with Crippen LogP contribution in [0, 0.1) is 6.92 Å². The highest BCUT2D eigenvalue weighted by molar-refractivity contribution is 5.99. The Balaban J connectivity index is 0.00000242. The molecule has 5 nitrogen and oxygen atoms in total. The summed E-state index contributed by atoms with van der Waals surface area (Å²) in [5.74, 6) is -0.151. The summed E-state index contributed by atoms with van der Waals surface area (Å²) in [5, 5.41) is 9.01. The van der Waals surface area contributed by atoms with Crippen molar-refractivity contribution < 1.29 is 9.59 Å². The molecule has 1 saturated heterocycles. The van der Waals surface area contributed by atoms with Crippen LogP contribution in [0.25, 0.3) is 0 Å². The van der Waals surface area contributed by atoms with E-state index in [0.717, 1.165) is 37.1 Å². The first-order valence-corrected chi connectivity index (χ1v) is 7.35. The van der Waals surface area contributed by atoms with Crippen LogP contribution in [0.4, 0.5) is 11.4 Å². The van der Waals surface area contributed by atoms with Crippen molar-refractivity contribution in [2.45, 2.75) is 45.6 Å². The topological polar surface area (TPSA) is 70.2 Å². The van der Waals surface area contributed by atoms with Crippen molar-refractivity contribution in [1.82, 2.24) is 5.32 Å². The molecule has 1 atom stereocenters. The molecule has 1 unspecified atom stereocenters. The average molecular weight is 326 g/mol. The fraction of sp³-hybridized carbons (Fsp3) is 0.500. The zero-order valence-electron chi connectivity index (χ0n) is 13.3. The average Bonchev–Trinajstić information content (AvgIpc) is 2.42. The van der Waals surface area contributed by atoms with E-state index >= 15 is 0 Å². The molecule has 0 aliphatic carbocycles. The lowest BCUT2D eigenvalue weighted by Gasteiger charge is -2.33. The van der Waals surface area contributed by atoms with E-state index in [0.29, 0.717) is 5.69 Å². The fourth-order valence-electron chi connectivity index (χ4n) is 2.55. The van der Waals surface area contributed by atoms with Gasteiger partial charge in [0.15, 0.2) is 0 Å². The lowest BCUT2D eigenvalue weighted by molar-refractivity contribution is -0.122. The van der Waals surface area contributed by atoms with Crippen LogP contribution < -0.4 is 16.0 Å². The number of carbonyl (C=O) groups excluding carboxylic acids is 2. The SMILES string of the molecule is CC(=O)Nc1ccc(C)c(NC(=O)C2(C)CCCCN2)c1.Cl. The molecule has 1 aliphatic heterocycles. The molecular formula is C16H24ClN3O2. The van der Waals surface area contributed by atoms with Crippen molar-refractivity contribution in [2.75, 3.05) is 17.2 Å². The van der Waals surface area contributed by atoms with Crippen molar-refractivity contribution in [2.24, 2.45) is 0 Å². The highest BCUT2D eigenvalue weighted by atomic mass is 35.5. The molecule has 1 heterocycles. The number of amides is 2. The van der Waals surface area contributed by atoms with Gasteiger partial charge < -0.3 is 16.0 Å². The monoisotopic (exact) mass is 325 g/mol. The van der Waals surface area contributed by atoms with E-state index in [9.17, 15) is 9.59 Å². The van der Waals surface area contributed by atoms with Crippen LogP contribution in [-0.4, -0.2) is 23.9 Å². The maximum atomic E-state index is 12.5. The number of aryl methyl sites for hydroxylation is 1. The standard InChI is InChI=1S/C16H23N3O2.ClH/c1-11-6-7-13(18-12(2)20)10-14(11)19-15(21)16(3)8-4-5-9-17-16;/h6-7,10,17H,4-5,8-9H2,1-3H3,(H,18,20)(H,19,21);1H. The molecule has 1 aromatic carbocycles. The van der Waals surface area contributed by atoms with E-state index in [1.165, 1.54) is 6.92 Å². The van der Waals surface area contributed by atoms with Crippen molar-refractivity contribution in [3.63, 3.8) is 0 Å². The number of carbonyl (C=O) groups is 2. The normalized spacial score (nSPS) is 20.7. The third-order valence-electron chi connectivity index (χ3n) is 3.93. The minimum absolute atomic E-state index is 0. The Morgan fingerprint density at radius 1 is 1.23 bits per heavy atom. The molecule has 1 aromatic rings. The largest absolute Gasteiger partial charge is 0.326 e. The highest BCUT2D eigenvalue weighted by Gasteiger charge is 2.34. The molecule has 2 rings (SSSR count). The van der Waals surface area contributed by atoms with Gasteiger partial charge in [-0.2, -0.15) is 0 Å². The predicted molar refractivity (Wildman–Crippen MR) is 91.6 cm³/mol. The Morgan fingerprint density at radius 3 is 2.55 bits per heavy atom. The summed E-state index contributed by atoms with van der Waals surface area (Å²) >= 11 is 0. The molecule has 0 saturated carbocycles. The van der Waals surface area contributed by atoms with Gasteiger partial charge in [-0.15, -0.1) is 12.4 Å². The minimum atomic E-state index is -0.519. The van der Waals surface area contributed by atoms with Crippen molar-refractivity contribution in [1.29, 1.82) is 0 Å². The smallest absolute Gasteiger partial charge is 0.244 e. The lowest BCUT2D eigenvalue weighted by Crippen LogP contribution is -2.54. The third-order valence-corrected chi connectivity index (χ3v) is 3.93. The fourth-order valence-corrected chi connectivity index (χ4v) is 2.55. The number of rotatable bonds is 3. The zero-order chi connectivity index (χ0) is 15.5. The molecule has 1 aliphatic rings. The number of hydrogen-bond donors (Lipinski definition) is 3. The van der Waals surface area contributed by atoms with Gasteiger partial charge in [0, 0.05) is 18.3 Å². The summed E-state index contributed by atoms with van der Waals surface area (Å²) in [6.45, 7) is 6.21. The van der Waals surface area contributed by atoms with Gasteiger partial charge in [0.2, 0.25) is 11.8 Å². The van der Waals surface area contributed by atoms with E-state index in [1.807, 2.05) is 26.0 Å². The maximum absolute atomic E-state index is 12.5. The highest BCUT2D eigenvalue weighted by Crippen LogP contribution is 2.24. The van der Waals surface area contributed by atoms with Crippen LogP contribution in [0.15, 0.2) is 18.2 Å². The first kappa shape index (κ1) is 18.5. The van der Waals surface area contributed by atoms with Gasteiger partial charge in [-0.1, -0.05) is 6.07 Å². The summed E-state index contributed by atoms with van der Waals surface area (Å²) in [6, 6.07) is 5.51. The molecule has 1 fully saturated rings. The number of benzene rings is 1. The molecule has 0 radical (unpaired) electrons. The maximum Gasteiger partial charge on any atom is 0.244 e. The van der Waals surface area contributed by atoms with E-state index in [1.54, 1.807) is 6.07 Å². The van der Waals surface area contributed by atoms with Crippen LogP contribution >= 0.6 is 12.4 Å². The van der Waals surface area contributed by atoms with E-state index in [4.69, 9.17) is 0 Å². The summed E-state index contributed by atoms with van der Waals surface area (Å²) < 4.78 is 0. The second-order valence-electron chi connectivity index (χ2n) is 5.88. The molecule has 3 N–H and O–H groups in total. The number of hydrogen-bond acceptors (Lipinski definition) is 3. The van der Waals surface area contributed by atoms with E-state index in [2.05, 4.69) is 16.0 Å². The van der Waals surface area contributed by atoms with Crippen LogP contribution in [0.1, 0.15) is 38.7 Å². The number of piperidine rings is 1. The van der Waals surface area contributed by atoms with Gasteiger partial charge in [-0.25, -0.2) is 0 Å². The molecule has 0 aromatic heterocycles. The predicted octanol–water partition coefficient (Wildman–Crippen LogP) is 2.85. The Labute approximate surface area is 137 Å². The minimum Gasteiger partial charge on any atom is -0.326 e. The van der Waals surface area contributed by atoms with E-state index < -0.39 is 5.54 Å². The Kier molecular flexibility index (Phi) is 6.38. The van der Waals surface area contributed by atoms with E-state index in [-0.39, 0.29) is 24.2 Å². The number of nitrogens with one attached hydrogen (secondary N) is 3. The molecule has 0 bridgehead atoms. The summed E-state index contributed by atoms with van der Waals surface area (Å²) in [5.41, 5.74) is 1.87. The molecule has 122 valence electrons. The quantitative estimate of drug-likeness (QED) is 0.800. The lowest BCUT2D eigenvalue weighted by atomic mass is 9.90. The Morgan fingerprint density at radius 2 is 1.95 bits per heavy atom. The Hall–Kier alpha value is -1.59. The summed E-state index contributed by atoms with van der Waals surface area (Å²) in [4.78, 5) is 23.6. The Bertz CT molecular complexity index is 554. The van der Waals surface area contributed by atoms with Gasteiger partial charge in [0.05, 0.1) is 5.54 Å². The number of anilines is 2. The van der Waals surface area contributed by atoms with Gasteiger partial charge in [-0.05, 0) is 57.4 Å². The molecule has 0 spiro atoms. The van der Waals surface area contributed by atoms with Crippen LogP contribution in [0.3, 0.4) is 0 Å². The van der Waals surface area contributed by atoms with Crippen LogP contribution in [0.2, 0.25) is 0 Å². The van der Waals surface area contributed by atoms with Crippen molar-refractivity contribution in [3.8, 4) is 0 Å². The molecular weight excluding hydrogens is 302 g/mol. The number of halogens is 1. The second kappa shape index (κ2) is 7.61. The van der Waals surface area contributed by atoms with Crippen molar-refractivity contribution >= 4 is 35.6 Å². The third kappa shape index (κ3) is 4.45. The first-order chi connectivity index (χ1) is 9.90. The van der Waals surface area contributed by atoms with Gasteiger partial charge in [-0.3, -0.25) is 9.59 Å². The first-order valence-electron chi connectivity index (χ1n) is 7.35. The second-order valence-corrected chi connectivity index (χ2v) is 5.88.